The number of aliphatic hydroxyl groups is 1. The van der Waals surface area contributed by atoms with Crippen molar-refractivity contribution in [1.29, 1.82) is 0 Å². The molecule has 0 bridgehead atoms. The summed E-state index contributed by atoms with van der Waals surface area (Å²) in [5.41, 5.74) is 1.96. The maximum atomic E-state index is 10.5. The zero-order valence-electron chi connectivity index (χ0n) is 18.8. The summed E-state index contributed by atoms with van der Waals surface area (Å²) in [6.07, 6.45) is 0.675. The van der Waals surface area contributed by atoms with Gasteiger partial charge < -0.3 is 23.5 Å². The summed E-state index contributed by atoms with van der Waals surface area (Å²) in [4.78, 5) is 20.9. The molecule has 0 unspecified atom stereocenters. The monoisotopic (exact) mass is 558 g/mol. The molecular weight excluding hydrogens is 543 g/mol. The number of furan rings is 3. The number of aromatic carboxylic acids is 1. The molecule has 0 aliphatic carbocycles. The lowest BCUT2D eigenvalue weighted by Crippen LogP contribution is -1.91. The lowest BCUT2D eigenvalue weighted by atomic mass is 10.2. The summed E-state index contributed by atoms with van der Waals surface area (Å²) >= 11 is 17.2. The fraction of sp³-hybridized carbons (Fsp3) is 0.0370. The number of carbonyl (C=O) groups is 2. The van der Waals surface area contributed by atoms with Gasteiger partial charge in [-0.2, -0.15) is 0 Å². The number of carbonyl (C=O) groups excluding carboxylic acids is 1. The molecular formula is C27H17Cl3O7. The highest BCUT2D eigenvalue weighted by Crippen LogP contribution is 2.24. The van der Waals surface area contributed by atoms with E-state index in [1.165, 1.54) is 6.07 Å². The van der Waals surface area contributed by atoms with E-state index in [0.29, 0.717) is 49.4 Å². The van der Waals surface area contributed by atoms with E-state index in [2.05, 4.69) is 0 Å². The van der Waals surface area contributed by atoms with E-state index in [0.717, 1.165) is 16.4 Å². The quantitative estimate of drug-likeness (QED) is 0.210. The van der Waals surface area contributed by atoms with Gasteiger partial charge in [-0.05, 0) is 72.8 Å². The summed E-state index contributed by atoms with van der Waals surface area (Å²) in [6.45, 7) is -0.0771. The molecule has 0 saturated carbocycles. The minimum atomic E-state index is -1.08. The number of hydrogen-bond donors (Lipinski definition) is 2. The summed E-state index contributed by atoms with van der Waals surface area (Å²) < 4.78 is 15.4. The molecule has 0 atom stereocenters. The van der Waals surface area contributed by atoms with Crippen LogP contribution in [0.15, 0.2) is 86.0 Å². The highest BCUT2D eigenvalue weighted by molar-refractivity contribution is 6.32. The smallest absolute Gasteiger partial charge is 0.371 e. The van der Waals surface area contributed by atoms with Crippen LogP contribution in [0.5, 0.6) is 0 Å². The van der Waals surface area contributed by atoms with Gasteiger partial charge in [-0.15, -0.1) is 0 Å². The molecule has 6 aromatic rings. The molecule has 0 saturated heterocycles. The Morgan fingerprint density at radius 2 is 1.19 bits per heavy atom. The maximum Gasteiger partial charge on any atom is 0.371 e. The summed E-state index contributed by atoms with van der Waals surface area (Å²) in [6, 6.07) is 20.4. The van der Waals surface area contributed by atoms with Crippen molar-refractivity contribution in [2.75, 3.05) is 0 Å². The molecule has 37 heavy (non-hydrogen) atoms. The third-order valence-corrected chi connectivity index (χ3v) is 5.69. The van der Waals surface area contributed by atoms with Crippen LogP contribution in [0.25, 0.3) is 32.9 Å². The summed E-state index contributed by atoms with van der Waals surface area (Å²) in [5, 5.41) is 21.8. The standard InChI is InChI=1S/C9H5ClO3.C9H7ClO2.C9H5ClO2/c10-6-1-2-7-5(3-6)4-8(13-7)9(11)12;2*10-7-1-2-9-6(3-7)4-8(5-11)12-9/h1-4H,(H,11,12);1-4,11H,5H2;1-5H. The second-order valence-corrected chi connectivity index (χ2v) is 8.91. The Morgan fingerprint density at radius 3 is 1.70 bits per heavy atom. The fourth-order valence-electron chi connectivity index (χ4n) is 3.36. The van der Waals surface area contributed by atoms with Crippen molar-refractivity contribution in [3.05, 3.63) is 105 Å². The topological polar surface area (TPSA) is 114 Å². The third kappa shape index (κ3) is 6.53. The number of benzene rings is 3. The Morgan fingerprint density at radius 1 is 0.703 bits per heavy atom. The van der Waals surface area contributed by atoms with Gasteiger partial charge in [0.15, 0.2) is 12.0 Å². The van der Waals surface area contributed by atoms with Crippen molar-refractivity contribution in [3.63, 3.8) is 0 Å². The zero-order valence-corrected chi connectivity index (χ0v) is 21.1. The zero-order chi connectivity index (χ0) is 26.5. The third-order valence-electron chi connectivity index (χ3n) is 4.99. The first-order chi connectivity index (χ1) is 17.7. The molecule has 6 rings (SSSR count). The van der Waals surface area contributed by atoms with Gasteiger partial charge in [0.25, 0.3) is 0 Å². The number of hydrogen-bond acceptors (Lipinski definition) is 6. The molecule has 0 amide bonds. The van der Waals surface area contributed by atoms with Crippen molar-refractivity contribution in [2.24, 2.45) is 0 Å². The SMILES string of the molecule is O=C(O)c1cc2cc(Cl)ccc2o1.O=Cc1cc2cc(Cl)ccc2o1.OCc1cc2cc(Cl)ccc2o1. The highest BCUT2D eigenvalue weighted by atomic mass is 35.5. The molecule has 3 aromatic carbocycles. The van der Waals surface area contributed by atoms with E-state index in [1.807, 2.05) is 0 Å². The van der Waals surface area contributed by atoms with E-state index in [9.17, 15) is 9.59 Å². The molecule has 0 radical (unpaired) electrons. The summed E-state index contributed by atoms with van der Waals surface area (Å²) in [5.74, 6) is -0.260. The van der Waals surface area contributed by atoms with Crippen LogP contribution >= 0.6 is 34.8 Å². The van der Waals surface area contributed by atoms with Crippen LogP contribution < -0.4 is 0 Å². The Bertz CT molecular complexity index is 1710. The number of fused-ring (bicyclic) bond motifs is 3. The Kier molecular flexibility index (Phi) is 8.21. The van der Waals surface area contributed by atoms with Gasteiger partial charge in [-0.3, -0.25) is 4.79 Å². The second-order valence-electron chi connectivity index (χ2n) is 7.60. The molecule has 0 spiro atoms. The van der Waals surface area contributed by atoms with E-state index >= 15 is 0 Å². The van der Waals surface area contributed by atoms with E-state index in [1.54, 1.807) is 66.7 Å². The molecule has 10 heteroatoms. The van der Waals surface area contributed by atoms with Crippen LogP contribution in [0, 0.1) is 0 Å². The van der Waals surface area contributed by atoms with Crippen molar-refractivity contribution >= 4 is 80.0 Å². The average molecular weight is 560 g/mol. The van der Waals surface area contributed by atoms with Gasteiger partial charge in [0.05, 0.1) is 0 Å². The largest absolute Gasteiger partial charge is 0.475 e. The van der Waals surface area contributed by atoms with E-state index in [-0.39, 0.29) is 12.4 Å². The molecule has 3 aromatic heterocycles. The lowest BCUT2D eigenvalue weighted by Gasteiger charge is -1.87. The second kappa shape index (κ2) is 11.5. The van der Waals surface area contributed by atoms with Gasteiger partial charge in [0.2, 0.25) is 5.76 Å². The highest BCUT2D eigenvalue weighted by Gasteiger charge is 2.10. The first kappa shape index (κ1) is 26.3. The molecule has 7 nitrogen and oxygen atoms in total. The number of rotatable bonds is 3. The molecule has 0 aliphatic rings. The Hall–Kier alpha value is -3.75. The van der Waals surface area contributed by atoms with E-state index < -0.39 is 5.97 Å². The van der Waals surface area contributed by atoms with Crippen LogP contribution in [-0.2, 0) is 6.61 Å². The minimum Gasteiger partial charge on any atom is -0.475 e. The van der Waals surface area contributed by atoms with Gasteiger partial charge >= 0.3 is 5.97 Å². The molecule has 3 heterocycles. The number of aldehydes is 1. The summed E-state index contributed by atoms with van der Waals surface area (Å²) in [7, 11) is 0. The van der Waals surface area contributed by atoms with Crippen LogP contribution in [0.2, 0.25) is 15.1 Å². The first-order valence-corrected chi connectivity index (χ1v) is 11.7. The van der Waals surface area contributed by atoms with Crippen molar-refractivity contribution in [1.82, 2.24) is 0 Å². The Labute approximate surface area is 224 Å². The molecule has 2 N–H and O–H groups in total. The van der Waals surface area contributed by atoms with Crippen molar-refractivity contribution < 1.29 is 33.1 Å². The first-order valence-electron chi connectivity index (χ1n) is 10.6. The van der Waals surface area contributed by atoms with Gasteiger partial charge in [-0.1, -0.05) is 34.8 Å². The number of halogens is 3. The Balaban J connectivity index is 0.000000130. The van der Waals surface area contributed by atoms with Crippen LogP contribution in [0.3, 0.4) is 0 Å². The predicted octanol–water partition coefficient (Wildman–Crippen LogP) is 8.26. The number of aliphatic hydroxyl groups excluding tert-OH is 1. The van der Waals surface area contributed by atoms with Gasteiger partial charge in [-0.25, -0.2) is 4.79 Å². The van der Waals surface area contributed by atoms with Crippen LogP contribution in [-0.4, -0.2) is 22.5 Å². The van der Waals surface area contributed by atoms with Crippen LogP contribution in [0.1, 0.15) is 26.9 Å². The molecule has 188 valence electrons. The lowest BCUT2D eigenvalue weighted by molar-refractivity contribution is 0.0665. The molecule has 0 fully saturated rings. The number of carboxylic acids is 1. The predicted molar refractivity (Wildman–Crippen MR) is 142 cm³/mol. The van der Waals surface area contributed by atoms with Crippen molar-refractivity contribution in [2.45, 2.75) is 6.61 Å². The number of carboxylic acid groups (broad SMARTS) is 1. The fourth-order valence-corrected chi connectivity index (χ4v) is 3.90. The minimum absolute atomic E-state index is 0.0720. The van der Waals surface area contributed by atoms with Crippen molar-refractivity contribution in [3.8, 4) is 0 Å². The van der Waals surface area contributed by atoms with Crippen LogP contribution in [0.4, 0.5) is 0 Å². The average Bonchev–Trinajstić information content (AvgIpc) is 3.59. The van der Waals surface area contributed by atoms with Gasteiger partial charge in [0, 0.05) is 31.2 Å². The maximum absolute atomic E-state index is 10.5. The molecule has 0 aliphatic heterocycles. The normalized spacial score (nSPS) is 10.6. The van der Waals surface area contributed by atoms with E-state index in [4.69, 9.17) is 58.3 Å². The van der Waals surface area contributed by atoms with Gasteiger partial charge in [0.1, 0.15) is 29.1 Å².